The molecule has 31 heavy (non-hydrogen) atoms. The highest BCUT2D eigenvalue weighted by molar-refractivity contribution is 5.73. The van der Waals surface area contributed by atoms with Crippen LogP contribution in [0.25, 0.3) is 0 Å². The molecule has 170 valence electrons. The highest BCUT2D eigenvalue weighted by atomic mass is 16.7. The summed E-state index contributed by atoms with van der Waals surface area (Å²) in [6.07, 6.45) is -4.47. The maximum atomic E-state index is 11.9. The van der Waals surface area contributed by atoms with Crippen LogP contribution in [0.1, 0.15) is 33.3 Å². The normalized spacial score (nSPS) is 25.1. The molecular weight excluding hydrogens is 410 g/mol. The molecule has 2 rings (SSSR count). The third-order valence-electron chi connectivity index (χ3n) is 4.31. The van der Waals surface area contributed by atoms with E-state index in [-0.39, 0.29) is 6.61 Å². The van der Waals surface area contributed by atoms with Gasteiger partial charge in [-0.2, -0.15) is 0 Å². The molecule has 1 fully saturated rings. The Kier molecular flexibility index (Phi) is 8.38. The molecule has 1 heterocycles. The van der Waals surface area contributed by atoms with Crippen LogP contribution >= 0.6 is 0 Å². The number of hydrogen-bond donors (Lipinski definition) is 1. The number of nitrogens with one attached hydrogen (secondary N) is 1. The Morgan fingerprint density at radius 3 is 2.16 bits per heavy atom. The lowest BCUT2D eigenvalue weighted by atomic mass is 9.96. The minimum absolute atomic E-state index is 0.286. The summed E-state index contributed by atoms with van der Waals surface area (Å²) in [4.78, 5) is 46.8. The van der Waals surface area contributed by atoms with E-state index in [2.05, 4.69) is 5.32 Å². The van der Waals surface area contributed by atoms with E-state index in [0.29, 0.717) is 5.75 Å². The minimum atomic E-state index is -1.16. The molecule has 0 bridgehead atoms. The Hall–Kier alpha value is -3.14. The molecule has 1 aromatic rings. The molecule has 10 nitrogen and oxygen atoms in total. The second-order valence-electron chi connectivity index (χ2n) is 7.15. The number of esters is 3. The van der Waals surface area contributed by atoms with E-state index >= 15 is 0 Å². The molecule has 0 aliphatic carbocycles. The van der Waals surface area contributed by atoms with Crippen LogP contribution < -0.4 is 10.1 Å². The van der Waals surface area contributed by atoms with Gasteiger partial charge in [0.1, 0.15) is 24.5 Å². The van der Waals surface area contributed by atoms with Crippen LogP contribution in [0.15, 0.2) is 24.3 Å². The molecule has 1 amide bonds. The van der Waals surface area contributed by atoms with Gasteiger partial charge in [0.25, 0.3) is 0 Å². The predicted octanol–water partition coefficient (Wildman–Crippen LogP) is 1.03. The summed E-state index contributed by atoms with van der Waals surface area (Å²) in [6.45, 7) is 6.45. The fourth-order valence-corrected chi connectivity index (χ4v) is 3.21. The van der Waals surface area contributed by atoms with E-state index in [1.54, 1.807) is 18.2 Å². The standard InChI is InChI=1S/C21H27NO9/c1-11-7-6-8-16(9-11)30-21-18(22-12(2)23)20(29-15(5)26)19(28-14(4)25)17(31-21)10-27-13(3)24/h6-9,17-21H,10H2,1-5H3,(H,22,23)/t17-,18+,19+,20-,21-/m0/s1. The highest BCUT2D eigenvalue weighted by Gasteiger charge is 2.51. The largest absolute Gasteiger partial charge is 0.463 e. The van der Waals surface area contributed by atoms with Crippen molar-refractivity contribution in [1.82, 2.24) is 5.32 Å². The molecule has 0 radical (unpaired) electrons. The van der Waals surface area contributed by atoms with E-state index < -0.39 is 54.5 Å². The summed E-state index contributed by atoms with van der Waals surface area (Å²) in [5.41, 5.74) is 0.926. The third-order valence-corrected chi connectivity index (χ3v) is 4.31. The fourth-order valence-electron chi connectivity index (χ4n) is 3.21. The summed E-state index contributed by atoms with van der Waals surface area (Å²) < 4.78 is 27.7. The van der Waals surface area contributed by atoms with Gasteiger partial charge in [-0.3, -0.25) is 19.2 Å². The van der Waals surface area contributed by atoms with Gasteiger partial charge in [-0.15, -0.1) is 0 Å². The van der Waals surface area contributed by atoms with Crippen LogP contribution in [-0.2, 0) is 38.1 Å². The molecule has 1 saturated heterocycles. The zero-order valence-electron chi connectivity index (χ0n) is 18.1. The van der Waals surface area contributed by atoms with Gasteiger partial charge >= 0.3 is 17.9 Å². The van der Waals surface area contributed by atoms with Crippen molar-refractivity contribution in [1.29, 1.82) is 0 Å². The molecule has 1 aliphatic heterocycles. The monoisotopic (exact) mass is 437 g/mol. The molecule has 1 N–H and O–H groups in total. The molecule has 0 aromatic heterocycles. The molecule has 1 aromatic carbocycles. The average molecular weight is 437 g/mol. The molecule has 0 spiro atoms. The number of hydrogen-bond acceptors (Lipinski definition) is 9. The lowest BCUT2D eigenvalue weighted by Crippen LogP contribution is -2.67. The van der Waals surface area contributed by atoms with Crippen molar-refractivity contribution >= 4 is 23.8 Å². The molecule has 0 unspecified atom stereocenters. The van der Waals surface area contributed by atoms with Crippen LogP contribution in [0.2, 0.25) is 0 Å². The zero-order chi connectivity index (χ0) is 23.1. The number of rotatable bonds is 7. The first-order chi connectivity index (χ1) is 14.6. The molecule has 0 saturated carbocycles. The van der Waals surface area contributed by atoms with Crippen molar-refractivity contribution in [3.8, 4) is 5.75 Å². The highest BCUT2D eigenvalue weighted by Crippen LogP contribution is 2.29. The Morgan fingerprint density at radius 1 is 0.968 bits per heavy atom. The molecular formula is C21H27NO9. The zero-order valence-corrected chi connectivity index (χ0v) is 18.1. The van der Waals surface area contributed by atoms with Gasteiger partial charge in [0.05, 0.1) is 0 Å². The average Bonchev–Trinajstić information content (AvgIpc) is 2.64. The summed E-state index contributed by atoms with van der Waals surface area (Å²) in [5, 5.41) is 2.65. The Balaban J connectivity index is 2.44. The fraction of sp³-hybridized carbons (Fsp3) is 0.524. The van der Waals surface area contributed by atoms with Gasteiger partial charge in [0, 0.05) is 27.7 Å². The Morgan fingerprint density at radius 2 is 1.61 bits per heavy atom. The maximum Gasteiger partial charge on any atom is 0.303 e. The molecule has 5 atom stereocenters. The first kappa shape index (κ1) is 24.1. The van der Waals surface area contributed by atoms with Crippen molar-refractivity contribution in [3.05, 3.63) is 29.8 Å². The van der Waals surface area contributed by atoms with Gasteiger partial charge in [-0.1, -0.05) is 12.1 Å². The summed E-state index contributed by atoms with van der Waals surface area (Å²) in [7, 11) is 0. The van der Waals surface area contributed by atoms with E-state index in [0.717, 1.165) is 5.56 Å². The third kappa shape index (κ3) is 7.25. The molecule has 1 aliphatic rings. The van der Waals surface area contributed by atoms with Gasteiger partial charge < -0.3 is 29.0 Å². The van der Waals surface area contributed by atoms with Crippen LogP contribution in [0.3, 0.4) is 0 Å². The smallest absolute Gasteiger partial charge is 0.303 e. The van der Waals surface area contributed by atoms with Crippen LogP contribution in [0.5, 0.6) is 5.75 Å². The molecule has 10 heteroatoms. The van der Waals surface area contributed by atoms with Crippen LogP contribution in [0.4, 0.5) is 0 Å². The van der Waals surface area contributed by atoms with Crippen molar-refractivity contribution in [2.75, 3.05) is 6.61 Å². The number of ether oxygens (including phenoxy) is 5. The first-order valence-corrected chi connectivity index (χ1v) is 9.70. The second-order valence-corrected chi connectivity index (χ2v) is 7.15. The first-order valence-electron chi connectivity index (χ1n) is 9.70. The number of amides is 1. The summed E-state index contributed by atoms with van der Waals surface area (Å²) >= 11 is 0. The summed E-state index contributed by atoms with van der Waals surface area (Å²) in [6, 6.07) is 6.10. The van der Waals surface area contributed by atoms with Crippen molar-refractivity contribution in [3.63, 3.8) is 0 Å². The van der Waals surface area contributed by atoms with Crippen LogP contribution in [0, 0.1) is 6.92 Å². The van der Waals surface area contributed by atoms with Gasteiger partial charge in [-0.25, -0.2) is 0 Å². The SMILES string of the molecule is CC(=O)N[C@H]1[C@@H](Oc2cccc(C)c2)O[C@@H](COC(C)=O)[C@@H](OC(C)=O)[C@H]1OC(C)=O. The second kappa shape index (κ2) is 10.8. The number of aryl methyl sites for hydroxylation is 1. The van der Waals surface area contributed by atoms with Gasteiger partial charge in [-0.05, 0) is 24.6 Å². The quantitative estimate of drug-likeness (QED) is 0.491. The van der Waals surface area contributed by atoms with Gasteiger partial charge in [0.2, 0.25) is 12.2 Å². The van der Waals surface area contributed by atoms with Crippen molar-refractivity contribution < 1.29 is 42.9 Å². The topological polar surface area (TPSA) is 126 Å². The Bertz CT molecular complexity index is 825. The van der Waals surface area contributed by atoms with E-state index in [4.69, 9.17) is 23.7 Å². The van der Waals surface area contributed by atoms with E-state index in [1.807, 2.05) is 13.0 Å². The lowest BCUT2D eigenvalue weighted by Gasteiger charge is -2.44. The lowest BCUT2D eigenvalue weighted by molar-refractivity contribution is -0.257. The van der Waals surface area contributed by atoms with Crippen molar-refractivity contribution in [2.45, 2.75) is 65.3 Å². The number of benzene rings is 1. The Labute approximate surface area is 180 Å². The maximum absolute atomic E-state index is 11.9. The minimum Gasteiger partial charge on any atom is -0.463 e. The van der Waals surface area contributed by atoms with Gasteiger partial charge in [0.15, 0.2) is 12.2 Å². The van der Waals surface area contributed by atoms with E-state index in [1.165, 1.54) is 27.7 Å². The number of carbonyl (C=O) groups excluding carboxylic acids is 4. The predicted molar refractivity (Wildman–Crippen MR) is 106 cm³/mol. The van der Waals surface area contributed by atoms with Crippen molar-refractivity contribution in [2.24, 2.45) is 0 Å². The number of carbonyl (C=O) groups is 4. The van der Waals surface area contributed by atoms with Crippen LogP contribution in [-0.4, -0.2) is 61.1 Å². The van der Waals surface area contributed by atoms with E-state index in [9.17, 15) is 19.2 Å². The summed E-state index contributed by atoms with van der Waals surface area (Å²) in [5.74, 6) is -1.91.